The fourth-order valence-electron chi connectivity index (χ4n) is 0.384. The van der Waals surface area contributed by atoms with Crippen LogP contribution in [0.5, 0.6) is 0 Å². The molecule has 0 heterocycles. The van der Waals surface area contributed by atoms with E-state index < -0.39 is 11.9 Å². The Labute approximate surface area is 74.2 Å². The van der Waals surface area contributed by atoms with Crippen LogP contribution in [0, 0.1) is 0 Å². The SMILES string of the molecule is O=C([O-])CCCC(=O)O.[Fe+3].[O-2]. The molecule has 1 radical (unpaired) electrons. The minimum Gasteiger partial charge on any atom is -2.00 e. The Bertz CT molecular complexity index is 110. The molecule has 0 aliphatic carbocycles. The second kappa shape index (κ2) is 9.42. The van der Waals surface area contributed by atoms with Crippen LogP contribution in [0.15, 0.2) is 0 Å². The average molecular weight is 203 g/mol. The summed E-state index contributed by atoms with van der Waals surface area (Å²) in [4.78, 5) is 19.4. The predicted octanol–water partition coefficient (Wildman–Crippen LogP) is -1.13. The van der Waals surface area contributed by atoms with Gasteiger partial charge in [0.2, 0.25) is 0 Å². The van der Waals surface area contributed by atoms with Gasteiger partial charge in [-0.3, -0.25) is 4.79 Å². The van der Waals surface area contributed by atoms with Gasteiger partial charge in [-0.05, 0) is 12.8 Å². The molecule has 0 saturated heterocycles. The van der Waals surface area contributed by atoms with Crippen LogP contribution in [0.3, 0.4) is 0 Å². The molecule has 0 bridgehead atoms. The zero-order valence-electron chi connectivity index (χ0n) is 5.56. The normalized spacial score (nSPS) is 7.27. The first-order valence-corrected chi connectivity index (χ1v) is 2.54. The maximum absolute atomic E-state index is 9.77. The number of aliphatic carboxylic acids is 2. The number of hydrogen-bond acceptors (Lipinski definition) is 3. The van der Waals surface area contributed by atoms with Crippen molar-refractivity contribution >= 4 is 11.9 Å². The number of carbonyl (C=O) groups excluding carboxylic acids is 1. The second-order valence-corrected chi connectivity index (χ2v) is 1.62. The van der Waals surface area contributed by atoms with E-state index in [0.29, 0.717) is 0 Å². The molecule has 0 aliphatic rings. The fourth-order valence-corrected chi connectivity index (χ4v) is 0.384. The van der Waals surface area contributed by atoms with Gasteiger partial charge in [0, 0.05) is 12.4 Å². The van der Waals surface area contributed by atoms with Crippen LogP contribution < -0.4 is 5.11 Å². The molecule has 6 heteroatoms. The van der Waals surface area contributed by atoms with Crippen LogP contribution in [-0.2, 0) is 32.1 Å². The Morgan fingerprint density at radius 1 is 1.27 bits per heavy atom. The number of hydrogen-bond donors (Lipinski definition) is 1. The molecule has 5 nitrogen and oxygen atoms in total. The summed E-state index contributed by atoms with van der Waals surface area (Å²) in [6.45, 7) is 0. The van der Waals surface area contributed by atoms with Crippen LogP contribution >= 0.6 is 0 Å². The zero-order valence-corrected chi connectivity index (χ0v) is 6.66. The molecule has 0 amide bonds. The summed E-state index contributed by atoms with van der Waals surface area (Å²) < 4.78 is 0. The van der Waals surface area contributed by atoms with Crippen molar-refractivity contribution in [1.82, 2.24) is 0 Å². The van der Waals surface area contributed by atoms with Crippen molar-refractivity contribution in [2.45, 2.75) is 19.3 Å². The molecule has 0 saturated carbocycles. The molecule has 0 aromatic heterocycles. The van der Waals surface area contributed by atoms with Gasteiger partial charge >= 0.3 is 23.0 Å². The topological polar surface area (TPSA) is 106 Å². The van der Waals surface area contributed by atoms with Crippen molar-refractivity contribution in [3.8, 4) is 0 Å². The van der Waals surface area contributed by atoms with Crippen LogP contribution in [-0.4, -0.2) is 17.0 Å². The standard InChI is InChI=1S/C5H8O4.Fe.O/c6-4(7)2-1-3-5(8)9;;/h1-3H2,(H,6,7)(H,8,9);;/q;+3;-2/p-1. The summed E-state index contributed by atoms with van der Waals surface area (Å²) in [5.41, 5.74) is 0. The van der Waals surface area contributed by atoms with Gasteiger partial charge in [-0.2, -0.15) is 0 Å². The van der Waals surface area contributed by atoms with E-state index in [4.69, 9.17) is 5.11 Å². The maximum atomic E-state index is 9.77. The van der Waals surface area contributed by atoms with Crippen LogP contribution in [0.25, 0.3) is 0 Å². The molecular weight excluding hydrogens is 196 g/mol. The first-order chi connectivity index (χ1) is 4.13. The molecule has 0 unspecified atom stereocenters. The smallest absolute Gasteiger partial charge is 2.00 e. The van der Waals surface area contributed by atoms with Gasteiger partial charge < -0.3 is 20.5 Å². The number of carboxylic acid groups (broad SMARTS) is 2. The number of rotatable bonds is 4. The molecule has 0 fully saturated rings. The first-order valence-electron chi connectivity index (χ1n) is 2.54. The van der Waals surface area contributed by atoms with Crippen molar-refractivity contribution in [2.24, 2.45) is 0 Å². The molecule has 11 heavy (non-hydrogen) atoms. The minimum absolute atomic E-state index is 0. The van der Waals surface area contributed by atoms with Crippen LogP contribution in [0.1, 0.15) is 19.3 Å². The number of carboxylic acids is 2. The third-order valence-corrected chi connectivity index (χ3v) is 0.772. The Kier molecular flexibility index (Phi) is 14.4. The van der Waals surface area contributed by atoms with Gasteiger partial charge in [-0.15, -0.1) is 0 Å². The van der Waals surface area contributed by atoms with E-state index in [2.05, 4.69) is 0 Å². The van der Waals surface area contributed by atoms with E-state index in [1.54, 1.807) is 0 Å². The van der Waals surface area contributed by atoms with Crippen molar-refractivity contribution in [3.05, 3.63) is 0 Å². The van der Waals surface area contributed by atoms with Gasteiger partial charge in [-0.25, -0.2) is 0 Å². The van der Waals surface area contributed by atoms with Gasteiger partial charge in [0.05, 0.1) is 0 Å². The quantitative estimate of drug-likeness (QED) is 0.583. The monoisotopic (exact) mass is 203 g/mol. The second-order valence-electron chi connectivity index (χ2n) is 1.62. The van der Waals surface area contributed by atoms with Crippen molar-refractivity contribution < 1.29 is 42.3 Å². The van der Waals surface area contributed by atoms with Gasteiger partial charge in [0.1, 0.15) is 0 Å². The van der Waals surface area contributed by atoms with E-state index in [1.165, 1.54) is 0 Å². The molecule has 0 rings (SSSR count). The van der Waals surface area contributed by atoms with E-state index in [9.17, 15) is 14.7 Å². The summed E-state index contributed by atoms with van der Waals surface area (Å²) in [6, 6.07) is 0. The van der Waals surface area contributed by atoms with Crippen molar-refractivity contribution in [2.75, 3.05) is 0 Å². The molecule has 1 N–H and O–H groups in total. The Balaban J connectivity index is -0.000000320. The summed E-state index contributed by atoms with van der Waals surface area (Å²) in [5, 5.41) is 17.7. The summed E-state index contributed by atoms with van der Waals surface area (Å²) in [7, 11) is 0. The predicted molar refractivity (Wildman–Crippen MR) is 27.2 cm³/mol. The third-order valence-electron chi connectivity index (χ3n) is 0.772. The van der Waals surface area contributed by atoms with Crippen LogP contribution in [0.2, 0.25) is 0 Å². The van der Waals surface area contributed by atoms with E-state index in [-0.39, 0.29) is 41.8 Å². The Hall–Kier alpha value is -0.581. The van der Waals surface area contributed by atoms with Gasteiger partial charge in [-0.1, -0.05) is 0 Å². The third kappa shape index (κ3) is 17.7. The molecular formula is C5H7FeO5. The number of carbonyl (C=O) groups is 2. The van der Waals surface area contributed by atoms with E-state index in [0.717, 1.165) is 0 Å². The zero-order chi connectivity index (χ0) is 7.28. The van der Waals surface area contributed by atoms with Crippen molar-refractivity contribution in [3.63, 3.8) is 0 Å². The maximum Gasteiger partial charge on any atom is 3.00 e. The molecule has 0 spiro atoms. The van der Waals surface area contributed by atoms with Crippen molar-refractivity contribution in [1.29, 1.82) is 0 Å². The summed E-state index contributed by atoms with van der Waals surface area (Å²) in [5.74, 6) is -2.17. The van der Waals surface area contributed by atoms with E-state index >= 15 is 0 Å². The molecule has 0 aliphatic heterocycles. The Morgan fingerprint density at radius 2 is 1.73 bits per heavy atom. The Morgan fingerprint density at radius 3 is 2.00 bits per heavy atom. The summed E-state index contributed by atoms with van der Waals surface area (Å²) >= 11 is 0. The minimum atomic E-state index is -1.20. The average Bonchev–Trinajstić information content (AvgIpc) is 1.63. The fraction of sp³-hybridized carbons (Fsp3) is 0.600. The first kappa shape index (κ1) is 16.8. The summed E-state index contributed by atoms with van der Waals surface area (Å²) in [6.07, 6.45) is -0.127. The van der Waals surface area contributed by atoms with Crippen LogP contribution in [0.4, 0.5) is 0 Å². The molecule has 0 aromatic carbocycles. The molecule has 0 aromatic rings. The van der Waals surface area contributed by atoms with Gasteiger partial charge in [0.15, 0.2) is 0 Å². The molecule has 0 atom stereocenters. The van der Waals surface area contributed by atoms with Gasteiger partial charge in [0.25, 0.3) is 0 Å². The molecule has 65 valence electrons. The largest absolute Gasteiger partial charge is 3.00 e. The van der Waals surface area contributed by atoms with E-state index in [1.807, 2.05) is 0 Å².